The first-order valence-corrected chi connectivity index (χ1v) is 5.97. The number of primary sulfonamides is 1. The van der Waals surface area contributed by atoms with Gasteiger partial charge in [-0.05, 0) is 25.1 Å². The topological polar surface area (TPSA) is 109 Å². The van der Waals surface area contributed by atoms with Gasteiger partial charge < -0.3 is 10.4 Å². The highest BCUT2D eigenvalue weighted by atomic mass is 32.2. The lowest BCUT2D eigenvalue weighted by molar-refractivity contribution is -0.137. The van der Waals surface area contributed by atoms with E-state index in [1.807, 2.05) is 0 Å². The Morgan fingerprint density at radius 1 is 1.50 bits per heavy atom. The van der Waals surface area contributed by atoms with Crippen molar-refractivity contribution in [2.45, 2.75) is 17.9 Å². The second-order valence-corrected chi connectivity index (χ2v) is 4.84. The van der Waals surface area contributed by atoms with Crippen molar-refractivity contribution in [3.05, 3.63) is 24.3 Å². The van der Waals surface area contributed by atoms with Crippen LogP contribution in [0, 0.1) is 0 Å². The minimum Gasteiger partial charge on any atom is -0.480 e. The van der Waals surface area contributed by atoms with Crippen molar-refractivity contribution in [1.82, 2.24) is 0 Å². The summed E-state index contributed by atoms with van der Waals surface area (Å²) in [6, 6.07) is 4.86. The Bertz CT molecular complexity index is 498. The number of carboxylic acids is 1. The molecule has 0 amide bonds. The van der Waals surface area contributed by atoms with E-state index in [9.17, 15) is 13.2 Å². The number of hydrogen-bond acceptors (Lipinski definition) is 4. The highest BCUT2D eigenvalue weighted by Crippen LogP contribution is 2.14. The number of aliphatic carboxylic acids is 1. The zero-order chi connectivity index (χ0) is 12.3. The normalized spacial score (nSPS) is 13.1. The molecule has 1 rings (SSSR count). The van der Waals surface area contributed by atoms with Gasteiger partial charge in [-0.15, -0.1) is 0 Å². The maximum atomic E-state index is 11.0. The molecule has 88 valence electrons. The van der Waals surface area contributed by atoms with Crippen LogP contribution in [-0.4, -0.2) is 25.5 Å². The van der Waals surface area contributed by atoms with Crippen molar-refractivity contribution in [3.8, 4) is 0 Å². The fourth-order valence-corrected chi connectivity index (χ4v) is 1.63. The van der Waals surface area contributed by atoms with E-state index in [1.54, 1.807) is 6.07 Å². The fraction of sp³-hybridized carbons (Fsp3) is 0.222. The van der Waals surface area contributed by atoms with E-state index in [4.69, 9.17) is 10.2 Å². The largest absolute Gasteiger partial charge is 0.480 e. The molecule has 0 aromatic heterocycles. The summed E-state index contributed by atoms with van der Waals surface area (Å²) in [6.07, 6.45) is 0. The van der Waals surface area contributed by atoms with Crippen LogP contribution in [0.3, 0.4) is 0 Å². The molecule has 0 fully saturated rings. The van der Waals surface area contributed by atoms with Crippen LogP contribution in [0.25, 0.3) is 0 Å². The molecular weight excluding hydrogens is 232 g/mol. The number of anilines is 1. The predicted octanol–water partition coefficient (Wildman–Crippen LogP) is 0.219. The first kappa shape index (κ1) is 12.5. The van der Waals surface area contributed by atoms with Crippen molar-refractivity contribution < 1.29 is 18.3 Å². The van der Waals surface area contributed by atoms with E-state index in [0.717, 1.165) is 0 Å². The molecule has 1 atom stereocenters. The Morgan fingerprint density at radius 3 is 2.62 bits per heavy atom. The maximum Gasteiger partial charge on any atom is 0.325 e. The Balaban J connectivity index is 2.96. The number of carbonyl (C=O) groups is 1. The number of benzene rings is 1. The van der Waals surface area contributed by atoms with Crippen LogP contribution in [0.5, 0.6) is 0 Å². The van der Waals surface area contributed by atoms with E-state index < -0.39 is 22.0 Å². The number of rotatable bonds is 4. The van der Waals surface area contributed by atoms with Crippen LogP contribution < -0.4 is 10.5 Å². The Hall–Kier alpha value is -1.60. The summed E-state index contributed by atoms with van der Waals surface area (Å²) in [5, 5.41) is 16.2. The molecule has 6 nitrogen and oxygen atoms in total. The van der Waals surface area contributed by atoms with Crippen molar-refractivity contribution >= 4 is 21.7 Å². The summed E-state index contributed by atoms with van der Waals surface area (Å²) >= 11 is 0. The Kier molecular flexibility index (Phi) is 3.51. The van der Waals surface area contributed by atoms with Crippen LogP contribution in [0.4, 0.5) is 5.69 Å². The molecule has 7 heteroatoms. The lowest BCUT2D eigenvalue weighted by Crippen LogP contribution is -2.25. The zero-order valence-corrected chi connectivity index (χ0v) is 9.36. The minimum absolute atomic E-state index is 0.0601. The molecule has 1 aromatic rings. The second-order valence-electron chi connectivity index (χ2n) is 3.28. The zero-order valence-electron chi connectivity index (χ0n) is 8.54. The van der Waals surface area contributed by atoms with Gasteiger partial charge in [0.1, 0.15) is 6.04 Å². The molecule has 0 bridgehead atoms. The summed E-state index contributed by atoms with van der Waals surface area (Å²) in [7, 11) is -3.77. The molecule has 1 aromatic carbocycles. The number of nitrogens with one attached hydrogen (secondary N) is 1. The summed E-state index contributed by atoms with van der Waals surface area (Å²) in [5.41, 5.74) is 0.390. The van der Waals surface area contributed by atoms with Gasteiger partial charge in [0.05, 0.1) is 4.90 Å². The minimum atomic E-state index is -3.77. The Morgan fingerprint density at radius 2 is 2.12 bits per heavy atom. The molecule has 0 saturated heterocycles. The second kappa shape index (κ2) is 4.50. The van der Waals surface area contributed by atoms with Gasteiger partial charge in [-0.25, -0.2) is 13.6 Å². The third kappa shape index (κ3) is 3.21. The quantitative estimate of drug-likeness (QED) is 0.701. The molecule has 0 spiro atoms. The van der Waals surface area contributed by atoms with Crippen molar-refractivity contribution in [2.24, 2.45) is 5.14 Å². The molecule has 4 N–H and O–H groups in total. The van der Waals surface area contributed by atoms with Gasteiger partial charge in [0, 0.05) is 5.69 Å². The molecule has 0 aliphatic heterocycles. The van der Waals surface area contributed by atoms with E-state index >= 15 is 0 Å². The average Bonchev–Trinajstić information content (AvgIpc) is 2.16. The third-order valence-electron chi connectivity index (χ3n) is 1.92. The average molecular weight is 244 g/mol. The SMILES string of the molecule is CC(Nc1cccc(S(N)(=O)=O)c1)C(=O)O. The molecule has 0 aliphatic rings. The first-order valence-electron chi connectivity index (χ1n) is 4.43. The number of carboxylic acid groups (broad SMARTS) is 1. The van der Waals surface area contributed by atoms with Crippen molar-refractivity contribution in [1.29, 1.82) is 0 Å². The maximum absolute atomic E-state index is 11.0. The Labute approximate surface area is 93.1 Å². The lowest BCUT2D eigenvalue weighted by atomic mass is 10.2. The van der Waals surface area contributed by atoms with Crippen LogP contribution in [0.1, 0.15) is 6.92 Å². The van der Waals surface area contributed by atoms with Crippen LogP contribution >= 0.6 is 0 Å². The molecule has 0 heterocycles. The fourth-order valence-electron chi connectivity index (χ4n) is 1.07. The van der Waals surface area contributed by atoms with E-state index in [0.29, 0.717) is 5.69 Å². The molecule has 0 aliphatic carbocycles. The highest BCUT2D eigenvalue weighted by molar-refractivity contribution is 7.89. The first-order chi connectivity index (χ1) is 7.30. The summed E-state index contributed by atoms with van der Waals surface area (Å²) < 4.78 is 22.1. The van der Waals surface area contributed by atoms with Crippen LogP contribution in [0.2, 0.25) is 0 Å². The number of nitrogens with two attached hydrogens (primary N) is 1. The lowest BCUT2D eigenvalue weighted by Gasteiger charge is -2.11. The van der Waals surface area contributed by atoms with Crippen molar-refractivity contribution in [3.63, 3.8) is 0 Å². The van der Waals surface area contributed by atoms with Gasteiger partial charge in [0.15, 0.2) is 0 Å². The van der Waals surface area contributed by atoms with Crippen LogP contribution in [0.15, 0.2) is 29.2 Å². The van der Waals surface area contributed by atoms with Crippen LogP contribution in [-0.2, 0) is 14.8 Å². The van der Waals surface area contributed by atoms with Gasteiger partial charge in [0.2, 0.25) is 10.0 Å². The van der Waals surface area contributed by atoms with Gasteiger partial charge in [-0.2, -0.15) is 0 Å². The summed E-state index contributed by atoms with van der Waals surface area (Å²) in [5.74, 6) is -1.03. The van der Waals surface area contributed by atoms with E-state index in [2.05, 4.69) is 5.32 Å². The number of hydrogen-bond donors (Lipinski definition) is 3. The third-order valence-corrected chi connectivity index (χ3v) is 2.83. The predicted molar refractivity (Wildman–Crippen MR) is 58.5 cm³/mol. The standard InChI is InChI=1S/C9H12N2O4S/c1-6(9(12)13)11-7-3-2-4-8(5-7)16(10,14)15/h2-6,11H,1H3,(H,12,13)(H2,10,14,15). The molecule has 1 unspecified atom stereocenters. The molecule has 0 radical (unpaired) electrons. The van der Waals surface area contributed by atoms with Gasteiger partial charge in [0.25, 0.3) is 0 Å². The van der Waals surface area contributed by atoms with E-state index in [1.165, 1.54) is 25.1 Å². The highest BCUT2D eigenvalue weighted by Gasteiger charge is 2.12. The summed E-state index contributed by atoms with van der Waals surface area (Å²) in [6.45, 7) is 1.45. The van der Waals surface area contributed by atoms with Crippen molar-refractivity contribution in [2.75, 3.05) is 5.32 Å². The summed E-state index contributed by atoms with van der Waals surface area (Å²) in [4.78, 5) is 10.5. The van der Waals surface area contributed by atoms with E-state index in [-0.39, 0.29) is 4.90 Å². The molecule has 16 heavy (non-hydrogen) atoms. The molecule has 0 saturated carbocycles. The van der Waals surface area contributed by atoms with Gasteiger partial charge in [-0.3, -0.25) is 4.79 Å². The molecular formula is C9H12N2O4S. The smallest absolute Gasteiger partial charge is 0.325 e. The number of sulfonamides is 1. The van der Waals surface area contributed by atoms with Gasteiger partial charge in [-0.1, -0.05) is 6.07 Å². The monoisotopic (exact) mass is 244 g/mol. The van der Waals surface area contributed by atoms with Gasteiger partial charge >= 0.3 is 5.97 Å².